The van der Waals surface area contributed by atoms with E-state index in [0.717, 1.165) is 6.54 Å². The average molecular weight is 232 g/mol. The lowest BCUT2D eigenvalue weighted by atomic mass is 9.89. The summed E-state index contributed by atoms with van der Waals surface area (Å²) in [6, 6.07) is 6.37. The zero-order valence-electron chi connectivity index (χ0n) is 9.88. The van der Waals surface area contributed by atoms with Gasteiger partial charge < -0.3 is 5.32 Å². The molecular formula is C14H17FN2. The minimum atomic E-state index is -0.352. The topological polar surface area (TPSA) is 35.8 Å². The number of benzene rings is 1. The molecule has 1 aliphatic rings. The Bertz CT molecular complexity index is 417. The normalized spacial score (nSPS) is 16.5. The zero-order valence-corrected chi connectivity index (χ0v) is 9.88. The van der Waals surface area contributed by atoms with E-state index in [9.17, 15) is 4.39 Å². The van der Waals surface area contributed by atoms with Gasteiger partial charge in [-0.25, -0.2) is 4.39 Å². The highest BCUT2D eigenvalue weighted by atomic mass is 19.1. The van der Waals surface area contributed by atoms with Crippen molar-refractivity contribution in [1.29, 1.82) is 5.26 Å². The van der Waals surface area contributed by atoms with Crippen molar-refractivity contribution in [3.8, 4) is 6.07 Å². The molecule has 3 heteroatoms. The van der Waals surface area contributed by atoms with E-state index in [1.165, 1.54) is 44.2 Å². The molecule has 2 nitrogen and oxygen atoms in total. The first kappa shape index (κ1) is 11.9. The molecule has 90 valence electrons. The van der Waals surface area contributed by atoms with Gasteiger partial charge in [-0.3, -0.25) is 0 Å². The van der Waals surface area contributed by atoms with Gasteiger partial charge in [0, 0.05) is 12.2 Å². The van der Waals surface area contributed by atoms with E-state index in [-0.39, 0.29) is 5.82 Å². The highest BCUT2D eigenvalue weighted by molar-refractivity contribution is 5.49. The van der Waals surface area contributed by atoms with Crippen LogP contribution in [0.25, 0.3) is 0 Å². The molecule has 1 fully saturated rings. The first-order chi connectivity index (χ1) is 8.28. The summed E-state index contributed by atoms with van der Waals surface area (Å²) in [4.78, 5) is 0. The molecule has 0 spiro atoms. The molecule has 1 N–H and O–H groups in total. The number of rotatable bonds is 3. The Balaban J connectivity index is 1.94. The summed E-state index contributed by atoms with van der Waals surface area (Å²) in [5.41, 5.74) is 1.09. The third-order valence-corrected chi connectivity index (χ3v) is 3.35. The van der Waals surface area contributed by atoms with E-state index in [0.29, 0.717) is 17.2 Å². The maximum atomic E-state index is 13.2. The maximum Gasteiger partial charge on any atom is 0.126 e. The molecule has 1 aromatic carbocycles. The van der Waals surface area contributed by atoms with E-state index in [1.807, 2.05) is 6.07 Å². The summed E-state index contributed by atoms with van der Waals surface area (Å²) in [5, 5.41) is 12.0. The molecule has 0 heterocycles. The molecule has 0 aromatic heterocycles. The molecule has 0 unspecified atom stereocenters. The Hall–Kier alpha value is -1.56. The van der Waals surface area contributed by atoms with Gasteiger partial charge in [-0.1, -0.05) is 19.3 Å². The van der Waals surface area contributed by atoms with Crippen molar-refractivity contribution in [3.63, 3.8) is 0 Å². The van der Waals surface area contributed by atoms with E-state index < -0.39 is 0 Å². The fourth-order valence-corrected chi connectivity index (χ4v) is 2.41. The molecule has 0 aliphatic heterocycles. The standard InChI is InChI=1S/C14H17FN2/c15-13-6-12(9-16)7-14(8-13)17-10-11-4-2-1-3-5-11/h6-8,11,17H,1-5,10H2. The third kappa shape index (κ3) is 3.45. The fraction of sp³-hybridized carbons (Fsp3) is 0.500. The molecular weight excluding hydrogens is 215 g/mol. The van der Waals surface area contributed by atoms with Crippen LogP contribution in [0.1, 0.15) is 37.7 Å². The van der Waals surface area contributed by atoms with Crippen LogP contribution in [0.4, 0.5) is 10.1 Å². The summed E-state index contributed by atoms with van der Waals surface area (Å²) in [7, 11) is 0. The van der Waals surface area contributed by atoms with Crippen LogP contribution in [0.2, 0.25) is 0 Å². The molecule has 1 saturated carbocycles. The lowest BCUT2D eigenvalue weighted by Gasteiger charge is -2.22. The summed E-state index contributed by atoms with van der Waals surface area (Å²) < 4.78 is 13.2. The molecule has 0 atom stereocenters. The van der Waals surface area contributed by atoms with Gasteiger partial charge in [-0.05, 0) is 37.0 Å². The van der Waals surface area contributed by atoms with Crippen LogP contribution >= 0.6 is 0 Å². The van der Waals surface area contributed by atoms with Crippen LogP contribution in [0, 0.1) is 23.1 Å². The van der Waals surface area contributed by atoms with Crippen LogP contribution in [0.15, 0.2) is 18.2 Å². The van der Waals surface area contributed by atoms with E-state index >= 15 is 0 Å². The Morgan fingerprint density at radius 3 is 2.71 bits per heavy atom. The van der Waals surface area contributed by atoms with Gasteiger partial charge in [0.25, 0.3) is 0 Å². The Morgan fingerprint density at radius 2 is 2.00 bits per heavy atom. The highest BCUT2D eigenvalue weighted by Gasteiger charge is 2.13. The van der Waals surface area contributed by atoms with E-state index in [1.54, 1.807) is 6.07 Å². The lowest BCUT2D eigenvalue weighted by molar-refractivity contribution is 0.373. The van der Waals surface area contributed by atoms with E-state index in [2.05, 4.69) is 5.32 Å². The van der Waals surface area contributed by atoms with Crippen molar-refractivity contribution in [2.75, 3.05) is 11.9 Å². The van der Waals surface area contributed by atoms with Crippen LogP contribution in [0.3, 0.4) is 0 Å². The van der Waals surface area contributed by atoms with Crippen LogP contribution in [-0.4, -0.2) is 6.54 Å². The summed E-state index contributed by atoms with van der Waals surface area (Å²) in [5.74, 6) is 0.341. The number of nitriles is 1. The van der Waals surface area contributed by atoms with Crippen molar-refractivity contribution in [1.82, 2.24) is 0 Å². The smallest absolute Gasteiger partial charge is 0.126 e. The van der Waals surface area contributed by atoms with Gasteiger partial charge in [0.2, 0.25) is 0 Å². The second-order valence-electron chi connectivity index (χ2n) is 4.73. The van der Waals surface area contributed by atoms with Gasteiger partial charge in [0.15, 0.2) is 0 Å². The third-order valence-electron chi connectivity index (χ3n) is 3.35. The molecule has 0 radical (unpaired) electrons. The SMILES string of the molecule is N#Cc1cc(F)cc(NCC2CCCCC2)c1. The summed E-state index contributed by atoms with van der Waals surface area (Å²) >= 11 is 0. The van der Waals surface area contributed by atoms with Gasteiger partial charge in [-0.2, -0.15) is 5.26 Å². The average Bonchev–Trinajstić information content (AvgIpc) is 2.37. The predicted molar refractivity (Wildman–Crippen MR) is 66.2 cm³/mol. The number of nitrogens with zero attached hydrogens (tertiary/aromatic N) is 1. The van der Waals surface area contributed by atoms with Crippen molar-refractivity contribution in [3.05, 3.63) is 29.6 Å². The Kier molecular flexibility index (Phi) is 3.98. The summed E-state index contributed by atoms with van der Waals surface area (Å²) in [6.45, 7) is 0.883. The minimum Gasteiger partial charge on any atom is -0.385 e. The van der Waals surface area contributed by atoms with Crippen LogP contribution in [-0.2, 0) is 0 Å². The van der Waals surface area contributed by atoms with Gasteiger partial charge >= 0.3 is 0 Å². The van der Waals surface area contributed by atoms with E-state index in [4.69, 9.17) is 5.26 Å². The zero-order chi connectivity index (χ0) is 12.1. The molecule has 17 heavy (non-hydrogen) atoms. The van der Waals surface area contributed by atoms with Gasteiger partial charge in [-0.15, -0.1) is 0 Å². The van der Waals surface area contributed by atoms with Crippen LogP contribution < -0.4 is 5.32 Å². The molecule has 2 rings (SSSR count). The van der Waals surface area contributed by atoms with Gasteiger partial charge in [0.1, 0.15) is 5.82 Å². The Morgan fingerprint density at radius 1 is 1.24 bits per heavy atom. The van der Waals surface area contributed by atoms with Crippen LogP contribution in [0.5, 0.6) is 0 Å². The van der Waals surface area contributed by atoms with Crippen molar-refractivity contribution < 1.29 is 4.39 Å². The largest absolute Gasteiger partial charge is 0.385 e. The molecule has 0 amide bonds. The first-order valence-corrected chi connectivity index (χ1v) is 6.22. The number of nitrogens with one attached hydrogen (secondary N) is 1. The number of anilines is 1. The second kappa shape index (κ2) is 5.67. The Labute approximate surface area is 101 Å². The highest BCUT2D eigenvalue weighted by Crippen LogP contribution is 2.24. The number of hydrogen-bond acceptors (Lipinski definition) is 2. The van der Waals surface area contributed by atoms with Crippen molar-refractivity contribution in [2.45, 2.75) is 32.1 Å². The predicted octanol–water partition coefficient (Wildman–Crippen LogP) is 3.69. The molecule has 1 aromatic rings. The lowest BCUT2D eigenvalue weighted by Crippen LogP contribution is -2.17. The molecule has 0 saturated heterocycles. The number of hydrogen-bond donors (Lipinski definition) is 1. The summed E-state index contributed by atoms with van der Waals surface area (Å²) in [6.07, 6.45) is 6.47. The first-order valence-electron chi connectivity index (χ1n) is 6.22. The van der Waals surface area contributed by atoms with Crippen molar-refractivity contribution in [2.24, 2.45) is 5.92 Å². The monoisotopic (exact) mass is 232 g/mol. The quantitative estimate of drug-likeness (QED) is 0.862. The molecule has 0 bridgehead atoms. The second-order valence-corrected chi connectivity index (χ2v) is 4.73. The fourth-order valence-electron chi connectivity index (χ4n) is 2.41. The van der Waals surface area contributed by atoms with Gasteiger partial charge in [0.05, 0.1) is 11.6 Å². The minimum absolute atomic E-state index is 0.352. The molecule has 1 aliphatic carbocycles. The number of halogens is 1. The maximum absolute atomic E-state index is 13.2. The van der Waals surface area contributed by atoms with Crippen molar-refractivity contribution >= 4 is 5.69 Å².